The first-order valence-corrected chi connectivity index (χ1v) is 2.08. The van der Waals surface area contributed by atoms with Gasteiger partial charge in [0.1, 0.15) is 12.8 Å². The maximum atomic E-state index is 11.6. The lowest BCUT2D eigenvalue weighted by atomic mass is 10.3. The maximum absolute atomic E-state index is 11.6. The van der Waals surface area contributed by atoms with Crippen molar-refractivity contribution in [2.24, 2.45) is 0 Å². The number of halogens is 2. The van der Waals surface area contributed by atoms with E-state index in [2.05, 4.69) is 0 Å². The third-order valence-electron chi connectivity index (χ3n) is 0.564. The molecule has 0 fully saturated rings. The fourth-order valence-electron chi connectivity index (χ4n) is 0.244. The van der Waals surface area contributed by atoms with E-state index in [0.29, 0.717) is 0 Å². The first-order chi connectivity index (χ1) is 3.66. The number of carboxylic acids is 1. The minimum absolute atomic E-state index is 0.740. The zero-order valence-electron chi connectivity index (χ0n) is 4.10. The molecule has 0 aromatic rings. The van der Waals surface area contributed by atoms with E-state index in [1.54, 1.807) is 0 Å². The van der Waals surface area contributed by atoms with Crippen molar-refractivity contribution < 1.29 is 18.7 Å². The molecule has 0 bridgehead atoms. The van der Waals surface area contributed by atoms with Crippen molar-refractivity contribution in [3.05, 3.63) is 0 Å². The van der Waals surface area contributed by atoms with Crippen LogP contribution in [0.3, 0.4) is 0 Å². The summed E-state index contributed by atoms with van der Waals surface area (Å²) in [6.45, 7) is -1.22. The topological polar surface area (TPSA) is 37.3 Å². The van der Waals surface area contributed by atoms with Crippen molar-refractivity contribution in [1.29, 1.82) is 0 Å². The van der Waals surface area contributed by atoms with Gasteiger partial charge in [-0.2, -0.15) is 0 Å². The fourth-order valence-corrected chi connectivity index (χ4v) is 0.244. The second-order valence-corrected chi connectivity index (χ2v) is 1.35. The Morgan fingerprint density at radius 3 is 2.38 bits per heavy atom. The van der Waals surface area contributed by atoms with Crippen LogP contribution >= 0.6 is 0 Å². The molecule has 0 amide bonds. The standard InChI is InChI=1S/C4H6F2O2/c5-2-3(6)1-4(7)8/h3H,1-2H2,(H,7,8). The molecule has 8 heavy (non-hydrogen) atoms. The quantitative estimate of drug-likeness (QED) is 0.603. The van der Waals surface area contributed by atoms with E-state index in [0.717, 1.165) is 0 Å². The van der Waals surface area contributed by atoms with Gasteiger partial charge in [0.25, 0.3) is 0 Å². The molecule has 1 atom stereocenters. The number of hydrogen-bond acceptors (Lipinski definition) is 1. The summed E-state index contributed by atoms with van der Waals surface area (Å²) in [6, 6.07) is 0. The van der Waals surface area contributed by atoms with E-state index in [9.17, 15) is 13.6 Å². The molecule has 1 N–H and O–H groups in total. The summed E-state index contributed by atoms with van der Waals surface area (Å²) in [5.41, 5.74) is 0. The predicted molar refractivity (Wildman–Crippen MR) is 23.1 cm³/mol. The van der Waals surface area contributed by atoms with Crippen molar-refractivity contribution in [3.63, 3.8) is 0 Å². The molecule has 0 aromatic heterocycles. The fraction of sp³-hybridized carbons (Fsp3) is 0.750. The van der Waals surface area contributed by atoms with Crippen molar-refractivity contribution in [2.75, 3.05) is 6.67 Å². The van der Waals surface area contributed by atoms with Gasteiger partial charge < -0.3 is 5.11 Å². The van der Waals surface area contributed by atoms with Crippen LogP contribution in [0.2, 0.25) is 0 Å². The number of carbonyl (C=O) groups is 1. The normalized spacial score (nSPS) is 13.2. The molecule has 0 aliphatic carbocycles. The molecule has 48 valence electrons. The zero-order chi connectivity index (χ0) is 6.57. The molecule has 0 saturated heterocycles. The van der Waals surface area contributed by atoms with E-state index in [-0.39, 0.29) is 0 Å². The monoisotopic (exact) mass is 124 g/mol. The summed E-state index contributed by atoms with van der Waals surface area (Å²) in [5, 5.41) is 7.81. The summed E-state index contributed by atoms with van der Waals surface area (Å²) < 4.78 is 22.7. The highest BCUT2D eigenvalue weighted by Crippen LogP contribution is 1.96. The maximum Gasteiger partial charge on any atom is 0.306 e. The molecule has 0 saturated carbocycles. The average molecular weight is 124 g/mol. The molecule has 0 aliphatic rings. The SMILES string of the molecule is O=C(O)CC(F)CF. The smallest absolute Gasteiger partial charge is 0.306 e. The summed E-state index contributed by atoms with van der Waals surface area (Å²) in [4.78, 5) is 9.56. The van der Waals surface area contributed by atoms with Gasteiger partial charge in [0.2, 0.25) is 0 Å². The Morgan fingerprint density at radius 2 is 2.25 bits per heavy atom. The van der Waals surface area contributed by atoms with Crippen molar-refractivity contribution in [2.45, 2.75) is 12.6 Å². The first-order valence-electron chi connectivity index (χ1n) is 2.08. The Hall–Kier alpha value is -0.670. The minimum Gasteiger partial charge on any atom is -0.481 e. The molecular formula is C4H6F2O2. The van der Waals surface area contributed by atoms with E-state index in [1.807, 2.05) is 0 Å². The van der Waals surface area contributed by atoms with Crippen LogP contribution in [0.4, 0.5) is 8.78 Å². The number of carboxylic acid groups (broad SMARTS) is 1. The van der Waals surface area contributed by atoms with Gasteiger partial charge in [0.05, 0.1) is 6.42 Å². The van der Waals surface area contributed by atoms with Crippen LogP contribution in [0.1, 0.15) is 6.42 Å². The van der Waals surface area contributed by atoms with E-state index < -0.39 is 25.2 Å². The molecule has 1 unspecified atom stereocenters. The highest BCUT2D eigenvalue weighted by Gasteiger charge is 2.09. The molecule has 0 aliphatic heterocycles. The third-order valence-corrected chi connectivity index (χ3v) is 0.564. The Morgan fingerprint density at radius 1 is 1.75 bits per heavy atom. The lowest BCUT2D eigenvalue weighted by Crippen LogP contribution is -2.09. The Labute approximate surface area is 45.1 Å². The van der Waals surface area contributed by atoms with Gasteiger partial charge in [-0.15, -0.1) is 0 Å². The Bertz CT molecular complexity index is 84.1. The predicted octanol–water partition coefficient (Wildman–Crippen LogP) is 0.769. The van der Waals surface area contributed by atoms with Gasteiger partial charge in [0, 0.05) is 0 Å². The second-order valence-electron chi connectivity index (χ2n) is 1.35. The number of hydrogen-bond donors (Lipinski definition) is 1. The highest BCUT2D eigenvalue weighted by atomic mass is 19.2. The Kier molecular flexibility index (Phi) is 3.07. The van der Waals surface area contributed by atoms with E-state index >= 15 is 0 Å². The molecule has 0 spiro atoms. The third kappa shape index (κ3) is 3.52. The second kappa shape index (κ2) is 3.35. The van der Waals surface area contributed by atoms with Crippen molar-refractivity contribution >= 4 is 5.97 Å². The number of aliphatic carboxylic acids is 1. The summed E-state index contributed by atoms with van der Waals surface area (Å²) in [5.74, 6) is -1.31. The lowest BCUT2D eigenvalue weighted by Gasteiger charge is -1.94. The summed E-state index contributed by atoms with van der Waals surface area (Å²) in [7, 11) is 0. The van der Waals surface area contributed by atoms with Crippen molar-refractivity contribution in [1.82, 2.24) is 0 Å². The van der Waals surface area contributed by atoms with Crippen LogP contribution in [0.25, 0.3) is 0 Å². The van der Waals surface area contributed by atoms with E-state index in [1.165, 1.54) is 0 Å². The van der Waals surface area contributed by atoms with Gasteiger partial charge in [-0.1, -0.05) is 0 Å². The highest BCUT2D eigenvalue weighted by molar-refractivity contribution is 5.67. The van der Waals surface area contributed by atoms with Gasteiger partial charge in [-0.3, -0.25) is 4.79 Å². The Balaban J connectivity index is 3.24. The van der Waals surface area contributed by atoms with Gasteiger partial charge in [0.15, 0.2) is 0 Å². The summed E-state index contributed by atoms with van der Waals surface area (Å²) >= 11 is 0. The average Bonchev–Trinajstić information content (AvgIpc) is 1.65. The number of rotatable bonds is 3. The molecule has 0 radical (unpaired) electrons. The lowest BCUT2D eigenvalue weighted by molar-refractivity contribution is -0.138. The van der Waals surface area contributed by atoms with Crippen LogP contribution < -0.4 is 0 Å². The number of alkyl halides is 2. The minimum atomic E-state index is -1.84. The molecule has 4 heteroatoms. The zero-order valence-corrected chi connectivity index (χ0v) is 4.10. The molecular weight excluding hydrogens is 118 g/mol. The van der Waals surface area contributed by atoms with Crippen LogP contribution in [-0.2, 0) is 4.79 Å². The van der Waals surface area contributed by atoms with Crippen LogP contribution in [-0.4, -0.2) is 23.9 Å². The summed E-state index contributed by atoms with van der Waals surface area (Å²) in [6.07, 6.45) is -2.58. The van der Waals surface area contributed by atoms with Crippen LogP contribution in [0.5, 0.6) is 0 Å². The van der Waals surface area contributed by atoms with Gasteiger partial charge in [-0.05, 0) is 0 Å². The molecule has 2 nitrogen and oxygen atoms in total. The largest absolute Gasteiger partial charge is 0.481 e. The molecule has 0 heterocycles. The molecule has 0 rings (SSSR count). The van der Waals surface area contributed by atoms with E-state index in [4.69, 9.17) is 5.11 Å². The molecule has 0 aromatic carbocycles. The van der Waals surface area contributed by atoms with Crippen molar-refractivity contribution in [3.8, 4) is 0 Å². The van der Waals surface area contributed by atoms with Crippen LogP contribution in [0, 0.1) is 0 Å². The van der Waals surface area contributed by atoms with Gasteiger partial charge in [-0.25, -0.2) is 8.78 Å². The first kappa shape index (κ1) is 7.33. The van der Waals surface area contributed by atoms with Crippen LogP contribution in [0.15, 0.2) is 0 Å². The van der Waals surface area contributed by atoms with Gasteiger partial charge >= 0.3 is 5.97 Å².